The summed E-state index contributed by atoms with van der Waals surface area (Å²) in [6.45, 7) is 0.409. The molecule has 1 aliphatic rings. The van der Waals surface area contributed by atoms with E-state index in [2.05, 4.69) is 0 Å². The Kier molecular flexibility index (Phi) is 3.82. The Morgan fingerprint density at radius 1 is 1.43 bits per heavy atom. The Morgan fingerprint density at radius 3 is 2.57 bits per heavy atom. The molecule has 3 unspecified atom stereocenters. The SMILES string of the molecule is NC(=O)CN1CC(O)C(O)C(CO)C1. The number of aliphatic hydroxyl groups excluding tert-OH is 3. The van der Waals surface area contributed by atoms with Crippen molar-refractivity contribution in [3.8, 4) is 0 Å². The summed E-state index contributed by atoms with van der Waals surface area (Å²) in [5.41, 5.74) is 5.00. The lowest BCUT2D eigenvalue weighted by Gasteiger charge is -2.37. The van der Waals surface area contributed by atoms with Crippen LogP contribution in [0.15, 0.2) is 0 Å². The molecule has 1 amide bonds. The van der Waals surface area contributed by atoms with Gasteiger partial charge in [-0.3, -0.25) is 9.69 Å². The second kappa shape index (κ2) is 4.70. The average molecular weight is 204 g/mol. The molecule has 1 aliphatic heterocycles. The molecule has 3 atom stereocenters. The predicted molar refractivity (Wildman–Crippen MR) is 48.2 cm³/mol. The van der Waals surface area contributed by atoms with E-state index in [4.69, 9.17) is 10.8 Å². The van der Waals surface area contributed by atoms with Gasteiger partial charge in [0.1, 0.15) is 0 Å². The maximum atomic E-state index is 10.6. The van der Waals surface area contributed by atoms with Gasteiger partial charge >= 0.3 is 0 Å². The summed E-state index contributed by atoms with van der Waals surface area (Å²) in [7, 11) is 0. The average Bonchev–Trinajstić information content (AvgIpc) is 2.10. The fourth-order valence-corrected chi connectivity index (χ4v) is 1.72. The molecule has 5 N–H and O–H groups in total. The molecule has 14 heavy (non-hydrogen) atoms. The van der Waals surface area contributed by atoms with Crippen molar-refractivity contribution in [2.24, 2.45) is 11.7 Å². The Balaban J connectivity index is 2.53. The summed E-state index contributed by atoms with van der Waals surface area (Å²) in [5.74, 6) is -0.900. The Labute approximate surface area is 81.9 Å². The molecule has 82 valence electrons. The predicted octanol–water partition coefficient (Wildman–Crippen LogP) is -2.88. The monoisotopic (exact) mass is 204 g/mol. The minimum atomic E-state index is -0.930. The summed E-state index contributed by atoms with van der Waals surface area (Å²) in [5, 5.41) is 27.8. The van der Waals surface area contributed by atoms with Gasteiger partial charge in [-0.25, -0.2) is 0 Å². The molecule has 1 heterocycles. The Morgan fingerprint density at radius 2 is 2.07 bits per heavy atom. The van der Waals surface area contributed by atoms with Gasteiger partial charge in [-0.1, -0.05) is 0 Å². The molecule has 6 heteroatoms. The number of likely N-dealkylation sites (tertiary alicyclic amines) is 1. The van der Waals surface area contributed by atoms with Gasteiger partial charge in [-0.15, -0.1) is 0 Å². The maximum Gasteiger partial charge on any atom is 0.231 e. The van der Waals surface area contributed by atoms with E-state index in [-0.39, 0.29) is 19.7 Å². The Bertz CT molecular complexity index is 212. The van der Waals surface area contributed by atoms with Crippen molar-refractivity contribution in [3.63, 3.8) is 0 Å². The highest BCUT2D eigenvalue weighted by atomic mass is 16.3. The van der Waals surface area contributed by atoms with E-state index >= 15 is 0 Å². The van der Waals surface area contributed by atoms with Gasteiger partial charge in [-0.05, 0) is 0 Å². The molecule has 1 fully saturated rings. The number of nitrogens with two attached hydrogens (primary N) is 1. The normalized spacial score (nSPS) is 34.4. The van der Waals surface area contributed by atoms with E-state index in [1.807, 2.05) is 0 Å². The third kappa shape index (κ3) is 2.65. The van der Waals surface area contributed by atoms with E-state index < -0.39 is 24.0 Å². The molecule has 0 spiro atoms. The highest BCUT2D eigenvalue weighted by Gasteiger charge is 2.34. The topological polar surface area (TPSA) is 107 Å². The zero-order valence-electron chi connectivity index (χ0n) is 7.83. The number of amides is 1. The quantitative estimate of drug-likeness (QED) is 0.395. The van der Waals surface area contributed by atoms with Crippen LogP contribution in [0.1, 0.15) is 0 Å². The molecule has 0 aromatic rings. The van der Waals surface area contributed by atoms with Gasteiger partial charge in [-0.2, -0.15) is 0 Å². The van der Waals surface area contributed by atoms with Crippen molar-refractivity contribution in [2.75, 3.05) is 26.2 Å². The number of carbonyl (C=O) groups excluding carboxylic acids is 1. The smallest absolute Gasteiger partial charge is 0.231 e. The fourth-order valence-electron chi connectivity index (χ4n) is 1.72. The number of hydrogen-bond donors (Lipinski definition) is 4. The lowest BCUT2D eigenvalue weighted by atomic mass is 9.93. The first-order chi connectivity index (χ1) is 6.54. The first-order valence-electron chi connectivity index (χ1n) is 4.52. The second-order valence-corrected chi connectivity index (χ2v) is 3.66. The molecule has 1 rings (SSSR count). The number of aliphatic hydroxyl groups is 3. The first-order valence-corrected chi connectivity index (χ1v) is 4.52. The van der Waals surface area contributed by atoms with Crippen molar-refractivity contribution in [1.82, 2.24) is 4.90 Å². The van der Waals surface area contributed by atoms with Crippen LogP contribution in [0.4, 0.5) is 0 Å². The van der Waals surface area contributed by atoms with Crippen molar-refractivity contribution >= 4 is 5.91 Å². The molecule has 0 aliphatic carbocycles. The maximum absolute atomic E-state index is 10.6. The molecule has 0 bridgehead atoms. The van der Waals surface area contributed by atoms with Crippen molar-refractivity contribution in [3.05, 3.63) is 0 Å². The van der Waals surface area contributed by atoms with Crippen LogP contribution in [0.2, 0.25) is 0 Å². The zero-order chi connectivity index (χ0) is 10.7. The third-order valence-corrected chi connectivity index (χ3v) is 2.43. The van der Waals surface area contributed by atoms with Crippen LogP contribution in [0.25, 0.3) is 0 Å². The number of rotatable bonds is 3. The molecular formula is C8H16N2O4. The number of primary amides is 1. The highest BCUT2D eigenvalue weighted by Crippen LogP contribution is 2.16. The molecule has 0 aromatic carbocycles. The summed E-state index contributed by atoms with van der Waals surface area (Å²) in [6.07, 6.45) is -1.86. The van der Waals surface area contributed by atoms with Gasteiger partial charge in [0, 0.05) is 25.6 Å². The first kappa shape index (κ1) is 11.4. The largest absolute Gasteiger partial charge is 0.396 e. The van der Waals surface area contributed by atoms with Crippen LogP contribution in [0.5, 0.6) is 0 Å². The summed E-state index contributed by atoms with van der Waals surface area (Å²) >= 11 is 0. The van der Waals surface area contributed by atoms with Gasteiger partial charge in [0.05, 0.1) is 18.8 Å². The van der Waals surface area contributed by atoms with E-state index in [0.717, 1.165) is 0 Å². The summed E-state index contributed by atoms with van der Waals surface area (Å²) < 4.78 is 0. The molecule has 0 aromatic heterocycles. The number of piperidine rings is 1. The lowest BCUT2D eigenvalue weighted by Crippen LogP contribution is -2.55. The summed E-state index contributed by atoms with van der Waals surface area (Å²) in [4.78, 5) is 12.3. The van der Waals surface area contributed by atoms with Crippen LogP contribution in [-0.4, -0.2) is 64.6 Å². The van der Waals surface area contributed by atoms with Gasteiger partial charge < -0.3 is 21.1 Å². The van der Waals surface area contributed by atoms with Crippen LogP contribution in [0, 0.1) is 5.92 Å². The van der Waals surface area contributed by atoms with Crippen LogP contribution >= 0.6 is 0 Å². The standard InChI is InChI=1S/C8H16N2O4/c9-7(13)3-10-1-5(4-11)8(14)6(12)2-10/h5-6,8,11-12,14H,1-4H2,(H2,9,13). The van der Waals surface area contributed by atoms with Crippen LogP contribution in [0.3, 0.4) is 0 Å². The third-order valence-electron chi connectivity index (χ3n) is 2.43. The molecule has 0 saturated carbocycles. The minimum absolute atomic E-state index is 0.0419. The molecule has 0 radical (unpaired) electrons. The number of hydrogen-bond acceptors (Lipinski definition) is 5. The van der Waals surface area contributed by atoms with E-state index in [0.29, 0.717) is 6.54 Å². The Hall–Kier alpha value is -0.690. The molecular weight excluding hydrogens is 188 g/mol. The van der Waals surface area contributed by atoms with Crippen LogP contribution in [-0.2, 0) is 4.79 Å². The van der Waals surface area contributed by atoms with Crippen molar-refractivity contribution in [2.45, 2.75) is 12.2 Å². The van der Waals surface area contributed by atoms with Crippen LogP contribution < -0.4 is 5.73 Å². The summed E-state index contributed by atoms with van der Waals surface area (Å²) in [6, 6.07) is 0. The van der Waals surface area contributed by atoms with E-state index in [9.17, 15) is 15.0 Å². The number of carbonyl (C=O) groups is 1. The van der Waals surface area contributed by atoms with Crippen molar-refractivity contribution < 1.29 is 20.1 Å². The molecule has 6 nitrogen and oxygen atoms in total. The van der Waals surface area contributed by atoms with Gasteiger partial charge in [0.2, 0.25) is 5.91 Å². The molecule has 1 saturated heterocycles. The lowest BCUT2D eigenvalue weighted by molar-refractivity contribution is -0.124. The van der Waals surface area contributed by atoms with E-state index in [1.54, 1.807) is 4.90 Å². The van der Waals surface area contributed by atoms with Gasteiger partial charge in [0.15, 0.2) is 0 Å². The van der Waals surface area contributed by atoms with Gasteiger partial charge in [0.25, 0.3) is 0 Å². The zero-order valence-corrected chi connectivity index (χ0v) is 7.83. The fraction of sp³-hybridized carbons (Fsp3) is 0.875. The number of β-amino-alcohol motifs (C(OH)–C–C–N with tert-alkyl or cyclic N) is 1. The minimum Gasteiger partial charge on any atom is -0.396 e. The number of nitrogens with zero attached hydrogens (tertiary/aromatic N) is 1. The highest BCUT2D eigenvalue weighted by molar-refractivity contribution is 5.75. The van der Waals surface area contributed by atoms with E-state index in [1.165, 1.54) is 0 Å². The second-order valence-electron chi connectivity index (χ2n) is 3.66. The van der Waals surface area contributed by atoms with Crippen molar-refractivity contribution in [1.29, 1.82) is 0 Å².